The number of aromatic carboxylic acids is 1. The summed E-state index contributed by atoms with van der Waals surface area (Å²) in [6, 6.07) is 4.94. The monoisotopic (exact) mass is 179 g/mol. The molecule has 0 amide bonds. The Morgan fingerprint density at radius 3 is 3.08 bits per heavy atom. The first-order valence-corrected chi connectivity index (χ1v) is 3.96. The predicted molar refractivity (Wildman–Crippen MR) is 45.7 cm³/mol. The van der Waals surface area contributed by atoms with Crippen LogP contribution in [-0.2, 0) is 6.42 Å². The molecule has 1 heterocycles. The van der Waals surface area contributed by atoms with E-state index in [0.29, 0.717) is 17.7 Å². The molecule has 0 saturated carbocycles. The van der Waals surface area contributed by atoms with Gasteiger partial charge < -0.3 is 9.84 Å². The Hall–Kier alpha value is -1.55. The van der Waals surface area contributed by atoms with Crippen LogP contribution >= 0.6 is 0 Å². The highest BCUT2D eigenvalue weighted by Crippen LogP contribution is 2.29. The van der Waals surface area contributed by atoms with E-state index in [9.17, 15) is 4.79 Å². The first-order valence-electron chi connectivity index (χ1n) is 3.96. The van der Waals surface area contributed by atoms with E-state index in [1.54, 1.807) is 18.2 Å². The van der Waals surface area contributed by atoms with Gasteiger partial charge in [0.05, 0.1) is 5.56 Å². The van der Waals surface area contributed by atoms with Gasteiger partial charge in [-0.1, -0.05) is 6.07 Å². The second-order valence-electron chi connectivity index (χ2n) is 2.95. The molecule has 68 valence electrons. The van der Waals surface area contributed by atoms with Crippen LogP contribution in [0.4, 0.5) is 0 Å². The van der Waals surface area contributed by atoms with Crippen molar-refractivity contribution in [1.29, 1.82) is 0 Å². The molecule has 1 atom stereocenters. The number of carboxylic acid groups (broad SMARTS) is 1. The Bertz CT molecular complexity index is 362. The van der Waals surface area contributed by atoms with E-state index in [-0.39, 0.29) is 5.56 Å². The van der Waals surface area contributed by atoms with E-state index in [2.05, 4.69) is 0 Å². The van der Waals surface area contributed by atoms with Gasteiger partial charge in [0.25, 0.3) is 0 Å². The van der Waals surface area contributed by atoms with E-state index in [4.69, 9.17) is 15.6 Å². The molecule has 2 rings (SSSR count). The van der Waals surface area contributed by atoms with Crippen molar-refractivity contribution in [3.05, 3.63) is 29.3 Å². The molecule has 0 aromatic heterocycles. The Labute approximate surface area is 74.9 Å². The largest absolute Gasteiger partial charge is 0.478 e. The van der Waals surface area contributed by atoms with Crippen LogP contribution in [0, 0.1) is 0 Å². The minimum absolute atomic E-state index is 0.283. The molecule has 4 heteroatoms. The van der Waals surface area contributed by atoms with E-state index in [0.717, 1.165) is 0 Å². The number of carboxylic acids is 1. The van der Waals surface area contributed by atoms with Crippen LogP contribution in [0.2, 0.25) is 0 Å². The van der Waals surface area contributed by atoms with Gasteiger partial charge in [-0.3, -0.25) is 5.73 Å². The quantitative estimate of drug-likeness (QED) is 0.662. The molecule has 0 bridgehead atoms. The van der Waals surface area contributed by atoms with Crippen LogP contribution in [-0.4, -0.2) is 17.3 Å². The molecule has 1 aromatic rings. The summed E-state index contributed by atoms with van der Waals surface area (Å²) in [5.74, 6) is -0.345. The summed E-state index contributed by atoms with van der Waals surface area (Å²) in [4.78, 5) is 10.8. The first kappa shape index (κ1) is 8.07. The molecule has 1 aromatic carbocycles. The van der Waals surface area contributed by atoms with Gasteiger partial charge >= 0.3 is 5.97 Å². The van der Waals surface area contributed by atoms with Crippen LogP contribution in [0.3, 0.4) is 0 Å². The average molecular weight is 179 g/mol. The number of benzene rings is 1. The fraction of sp³-hybridized carbons (Fsp3) is 0.222. The SMILES string of the molecule is NC1Cc2c(cccc2C(=O)O)O1. The number of ether oxygens (including phenoxy) is 1. The van der Waals surface area contributed by atoms with Gasteiger partial charge in [0.2, 0.25) is 0 Å². The average Bonchev–Trinajstić information content (AvgIpc) is 2.43. The molecule has 1 aliphatic rings. The number of nitrogens with two attached hydrogens (primary N) is 1. The van der Waals surface area contributed by atoms with Gasteiger partial charge in [-0.2, -0.15) is 0 Å². The van der Waals surface area contributed by atoms with Gasteiger partial charge in [0, 0.05) is 12.0 Å². The van der Waals surface area contributed by atoms with Gasteiger partial charge in [0.15, 0.2) is 6.23 Å². The maximum atomic E-state index is 10.8. The second-order valence-corrected chi connectivity index (χ2v) is 2.95. The van der Waals surface area contributed by atoms with E-state index in [1.807, 2.05) is 0 Å². The van der Waals surface area contributed by atoms with Crippen molar-refractivity contribution in [3.63, 3.8) is 0 Å². The number of rotatable bonds is 1. The summed E-state index contributed by atoms with van der Waals surface area (Å²) < 4.78 is 5.21. The van der Waals surface area contributed by atoms with E-state index >= 15 is 0 Å². The molecule has 3 N–H and O–H groups in total. The standard InChI is InChI=1S/C9H9NO3/c10-8-4-6-5(9(11)12)2-1-3-7(6)13-8/h1-3,8H,4,10H2,(H,11,12). The Balaban J connectivity index is 2.51. The lowest BCUT2D eigenvalue weighted by molar-refractivity contribution is 0.0696. The van der Waals surface area contributed by atoms with Crippen LogP contribution in [0.1, 0.15) is 15.9 Å². The fourth-order valence-electron chi connectivity index (χ4n) is 1.49. The third-order valence-corrected chi connectivity index (χ3v) is 2.05. The topological polar surface area (TPSA) is 72.6 Å². The zero-order chi connectivity index (χ0) is 9.42. The Kier molecular flexibility index (Phi) is 1.70. The molecule has 1 unspecified atom stereocenters. The predicted octanol–water partition coefficient (Wildman–Crippen LogP) is 0.605. The molecule has 0 fully saturated rings. The van der Waals surface area contributed by atoms with Crippen molar-refractivity contribution in [2.75, 3.05) is 0 Å². The molecule has 0 aliphatic carbocycles. The van der Waals surface area contributed by atoms with Crippen LogP contribution in [0.5, 0.6) is 5.75 Å². The van der Waals surface area contributed by atoms with Crippen LogP contribution < -0.4 is 10.5 Å². The number of carbonyl (C=O) groups is 1. The lowest BCUT2D eigenvalue weighted by atomic mass is 10.1. The van der Waals surface area contributed by atoms with Crippen LogP contribution in [0.15, 0.2) is 18.2 Å². The van der Waals surface area contributed by atoms with Crippen molar-refractivity contribution in [2.24, 2.45) is 5.73 Å². The van der Waals surface area contributed by atoms with Crippen molar-refractivity contribution in [3.8, 4) is 5.75 Å². The summed E-state index contributed by atoms with van der Waals surface area (Å²) in [7, 11) is 0. The molecule has 0 saturated heterocycles. The van der Waals surface area contributed by atoms with Crippen molar-refractivity contribution >= 4 is 5.97 Å². The van der Waals surface area contributed by atoms with E-state index < -0.39 is 12.2 Å². The third-order valence-electron chi connectivity index (χ3n) is 2.05. The third kappa shape index (κ3) is 1.25. The number of hydrogen-bond donors (Lipinski definition) is 2. The first-order chi connectivity index (χ1) is 6.18. The summed E-state index contributed by atoms with van der Waals surface area (Å²) in [6.07, 6.45) is 0.0631. The molecule has 0 spiro atoms. The lowest BCUT2D eigenvalue weighted by Gasteiger charge is -2.01. The van der Waals surface area contributed by atoms with Crippen LogP contribution in [0.25, 0.3) is 0 Å². The molecular weight excluding hydrogens is 170 g/mol. The number of fused-ring (bicyclic) bond motifs is 1. The van der Waals surface area contributed by atoms with Crippen molar-refractivity contribution < 1.29 is 14.6 Å². The van der Waals surface area contributed by atoms with Gasteiger partial charge in [-0.05, 0) is 12.1 Å². The summed E-state index contributed by atoms with van der Waals surface area (Å²) in [5, 5.41) is 8.84. The lowest BCUT2D eigenvalue weighted by Crippen LogP contribution is -2.24. The molecule has 0 radical (unpaired) electrons. The van der Waals surface area contributed by atoms with Gasteiger partial charge in [0.1, 0.15) is 5.75 Å². The van der Waals surface area contributed by atoms with Crippen molar-refractivity contribution in [1.82, 2.24) is 0 Å². The fourth-order valence-corrected chi connectivity index (χ4v) is 1.49. The highest BCUT2D eigenvalue weighted by molar-refractivity contribution is 5.90. The minimum Gasteiger partial charge on any atom is -0.478 e. The smallest absolute Gasteiger partial charge is 0.336 e. The Morgan fingerprint density at radius 1 is 1.62 bits per heavy atom. The van der Waals surface area contributed by atoms with Gasteiger partial charge in [-0.15, -0.1) is 0 Å². The normalized spacial score (nSPS) is 19.3. The zero-order valence-corrected chi connectivity index (χ0v) is 6.86. The highest BCUT2D eigenvalue weighted by Gasteiger charge is 2.24. The zero-order valence-electron chi connectivity index (χ0n) is 6.86. The molecule has 1 aliphatic heterocycles. The van der Waals surface area contributed by atoms with E-state index in [1.165, 1.54) is 0 Å². The maximum Gasteiger partial charge on any atom is 0.336 e. The number of hydrogen-bond acceptors (Lipinski definition) is 3. The maximum absolute atomic E-state index is 10.8. The molecule has 13 heavy (non-hydrogen) atoms. The molecular formula is C9H9NO3. The molecule has 4 nitrogen and oxygen atoms in total. The summed E-state index contributed by atoms with van der Waals surface area (Å²) in [6.45, 7) is 0. The minimum atomic E-state index is -0.936. The second kappa shape index (κ2) is 2.74. The van der Waals surface area contributed by atoms with Crippen molar-refractivity contribution in [2.45, 2.75) is 12.6 Å². The van der Waals surface area contributed by atoms with Gasteiger partial charge in [-0.25, -0.2) is 4.79 Å². The Morgan fingerprint density at radius 2 is 2.38 bits per heavy atom. The summed E-state index contributed by atoms with van der Waals surface area (Å²) >= 11 is 0. The summed E-state index contributed by atoms with van der Waals surface area (Å²) in [5.41, 5.74) is 6.52. The highest BCUT2D eigenvalue weighted by atomic mass is 16.5.